The summed E-state index contributed by atoms with van der Waals surface area (Å²) in [6, 6.07) is 18.1. The van der Waals surface area contributed by atoms with Crippen LogP contribution in [0.4, 0.5) is 0 Å². The second kappa shape index (κ2) is 5.48. The van der Waals surface area contributed by atoms with Crippen LogP contribution in [0.1, 0.15) is 30.5 Å². The lowest BCUT2D eigenvalue weighted by Crippen LogP contribution is -2.08. The Labute approximate surface area is 108 Å². The van der Waals surface area contributed by atoms with E-state index in [2.05, 4.69) is 19.1 Å². The minimum Gasteiger partial charge on any atom is -0.324 e. The molecule has 0 saturated heterocycles. The first kappa shape index (κ1) is 12.3. The van der Waals surface area contributed by atoms with Crippen molar-refractivity contribution in [3.63, 3.8) is 0 Å². The van der Waals surface area contributed by atoms with E-state index in [4.69, 9.17) is 11.0 Å². The van der Waals surface area contributed by atoms with Crippen LogP contribution in [-0.2, 0) is 0 Å². The lowest BCUT2D eigenvalue weighted by Gasteiger charge is -2.11. The van der Waals surface area contributed by atoms with Crippen LogP contribution in [0.2, 0.25) is 0 Å². The summed E-state index contributed by atoms with van der Waals surface area (Å²) < 4.78 is 0. The molecule has 0 saturated carbocycles. The van der Waals surface area contributed by atoms with E-state index in [9.17, 15) is 0 Å². The summed E-state index contributed by atoms with van der Waals surface area (Å²) in [7, 11) is 0. The van der Waals surface area contributed by atoms with Gasteiger partial charge in [0.1, 0.15) is 0 Å². The van der Waals surface area contributed by atoms with Gasteiger partial charge >= 0.3 is 0 Å². The predicted molar refractivity (Wildman–Crippen MR) is 73.8 cm³/mol. The van der Waals surface area contributed by atoms with Crippen molar-refractivity contribution in [3.8, 4) is 17.2 Å². The number of nitrogens with two attached hydrogens (primary N) is 1. The first-order chi connectivity index (χ1) is 8.74. The Morgan fingerprint density at radius 1 is 1.11 bits per heavy atom. The molecular weight excluding hydrogens is 220 g/mol. The van der Waals surface area contributed by atoms with Gasteiger partial charge in [0, 0.05) is 6.04 Å². The molecule has 0 aliphatic carbocycles. The third-order valence-electron chi connectivity index (χ3n) is 3.08. The maximum Gasteiger partial charge on any atom is 0.0991 e. The van der Waals surface area contributed by atoms with Crippen LogP contribution >= 0.6 is 0 Å². The molecule has 2 nitrogen and oxygen atoms in total. The van der Waals surface area contributed by atoms with Crippen LogP contribution in [0, 0.1) is 11.3 Å². The van der Waals surface area contributed by atoms with Crippen molar-refractivity contribution < 1.29 is 0 Å². The third-order valence-corrected chi connectivity index (χ3v) is 3.08. The SMILES string of the molecule is CCC(N)c1cccc(-c2cccc(C#N)c2)c1. The van der Waals surface area contributed by atoms with Crippen LogP contribution in [-0.4, -0.2) is 0 Å². The number of rotatable bonds is 3. The molecule has 0 heterocycles. The Morgan fingerprint density at radius 3 is 2.44 bits per heavy atom. The fraction of sp³-hybridized carbons (Fsp3) is 0.188. The second-order valence-electron chi connectivity index (χ2n) is 4.33. The van der Waals surface area contributed by atoms with Crippen LogP contribution < -0.4 is 5.73 Å². The Morgan fingerprint density at radius 2 is 1.78 bits per heavy atom. The van der Waals surface area contributed by atoms with Gasteiger partial charge in [-0.1, -0.05) is 37.3 Å². The summed E-state index contributed by atoms with van der Waals surface area (Å²) in [6.45, 7) is 2.08. The maximum atomic E-state index is 8.92. The summed E-state index contributed by atoms with van der Waals surface area (Å²) in [5.74, 6) is 0. The molecule has 0 aliphatic heterocycles. The summed E-state index contributed by atoms with van der Waals surface area (Å²) in [5, 5.41) is 8.92. The Kier molecular flexibility index (Phi) is 3.76. The minimum absolute atomic E-state index is 0.0732. The van der Waals surface area contributed by atoms with E-state index >= 15 is 0 Å². The van der Waals surface area contributed by atoms with Gasteiger partial charge in [-0.2, -0.15) is 5.26 Å². The van der Waals surface area contributed by atoms with Crippen molar-refractivity contribution in [1.82, 2.24) is 0 Å². The van der Waals surface area contributed by atoms with E-state index in [0.717, 1.165) is 23.1 Å². The van der Waals surface area contributed by atoms with Crippen molar-refractivity contribution in [2.24, 2.45) is 5.73 Å². The summed E-state index contributed by atoms with van der Waals surface area (Å²) in [4.78, 5) is 0. The van der Waals surface area contributed by atoms with Gasteiger partial charge in [-0.3, -0.25) is 0 Å². The predicted octanol–water partition coefficient (Wildman–Crippen LogP) is 3.64. The molecule has 0 spiro atoms. The van der Waals surface area contributed by atoms with Crippen LogP contribution in [0.3, 0.4) is 0 Å². The minimum atomic E-state index is 0.0732. The number of hydrogen-bond donors (Lipinski definition) is 1. The highest BCUT2D eigenvalue weighted by atomic mass is 14.6. The van der Waals surface area contributed by atoms with Crippen molar-refractivity contribution >= 4 is 0 Å². The van der Waals surface area contributed by atoms with Crippen LogP contribution in [0.25, 0.3) is 11.1 Å². The molecule has 2 rings (SSSR count). The highest BCUT2D eigenvalue weighted by Crippen LogP contribution is 2.24. The molecule has 0 amide bonds. The summed E-state index contributed by atoms with van der Waals surface area (Å²) >= 11 is 0. The van der Waals surface area contributed by atoms with Gasteiger partial charge in [0.2, 0.25) is 0 Å². The molecule has 0 aliphatic rings. The molecule has 1 unspecified atom stereocenters. The van der Waals surface area contributed by atoms with Gasteiger partial charge in [-0.15, -0.1) is 0 Å². The van der Waals surface area contributed by atoms with E-state index in [-0.39, 0.29) is 6.04 Å². The van der Waals surface area contributed by atoms with Gasteiger partial charge in [0.15, 0.2) is 0 Å². The molecule has 0 bridgehead atoms. The Hall–Kier alpha value is -2.11. The zero-order valence-electron chi connectivity index (χ0n) is 10.4. The van der Waals surface area contributed by atoms with E-state index in [1.165, 1.54) is 0 Å². The summed E-state index contributed by atoms with van der Waals surface area (Å²) in [6.07, 6.45) is 0.918. The summed E-state index contributed by atoms with van der Waals surface area (Å²) in [5.41, 5.74) is 10.0. The van der Waals surface area contributed by atoms with Crippen LogP contribution in [0.15, 0.2) is 48.5 Å². The third kappa shape index (κ3) is 2.58. The number of hydrogen-bond acceptors (Lipinski definition) is 2. The Balaban J connectivity index is 2.41. The highest BCUT2D eigenvalue weighted by molar-refractivity contribution is 5.66. The molecule has 2 heteroatoms. The molecule has 2 aromatic rings. The smallest absolute Gasteiger partial charge is 0.0991 e. The normalized spacial score (nSPS) is 11.8. The average Bonchev–Trinajstić information content (AvgIpc) is 2.46. The van der Waals surface area contributed by atoms with Gasteiger partial charge in [-0.25, -0.2) is 0 Å². The number of benzene rings is 2. The molecule has 90 valence electrons. The lowest BCUT2D eigenvalue weighted by molar-refractivity contribution is 0.699. The van der Waals surface area contributed by atoms with Crippen molar-refractivity contribution in [1.29, 1.82) is 5.26 Å². The average molecular weight is 236 g/mol. The fourth-order valence-electron chi connectivity index (χ4n) is 1.95. The second-order valence-corrected chi connectivity index (χ2v) is 4.33. The van der Waals surface area contributed by atoms with Crippen LogP contribution in [0.5, 0.6) is 0 Å². The van der Waals surface area contributed by atoms with Gasteiger partial charge in [0.25, 0.3) is 0 Å². The monoisotopic (exact) mass is 236 g/mol. The fourth-order valence-corrected chi connectivity index (χ4v) is 1.95. The van der Waals surface area contributed by atoms with Crippen molar-refractivity contribution in [2.45, 2.75) is 19.4 Å². The first-order valence-corrected chi connectivity index (χ1v) is 6.10. The largest absolute Gasteiger partial charge is 0.324 e. The quantitative estimate of drug-likeness (QED) is 0.884. The zero-order chi connectivity index (χ0) is 13.0. The maximum absolute atomic E-state index is 8.92. The molecule has 2 N–H and O–H groups in total. The lowest BCUT2D eigenvalue weighted by atomic mass is 9.98. The Bertz CT molecular complexity index is 582. The van der Waals surface area contributed by atoms with E-state index < -0.39 is 0 Å². The molecule has 0 fully saturated rings. The standard InChI is InChI=1S/C16H16N2/c1-2-16(18)15-8-4-7-14(10-15)13-6-3-5-12(9-13)11-17/h3-10,16H,2,18H2,1H3. The molecule has 18 heavy (non-hydrogen) atoms. The zero-order valence-corrected chi connectivity index (χ0v) is 10.4. The molecule has 2 aromatic carbocycles. The highest BCUT2D eigenvalue weighted by Gasteiger charge is 2.05. The van der Waals surface area contributed by atoms with Crippen molar-refractivity contribution in [3.05, 3.63) is 59.7 Å². The van der Waals surface area contributed by atoms with Gasteiger partial charge in [0.05, 0.1) is 11.6 Å². The molecule has 0 aromatic heterocycles. The number of nitriles is 1. The molecular formula is C16H16N2. The first-order valence-electron chi connectivity index (χ1n) is 6.10. The van der Waals surface area contributed by atoms with Crippen molar-refractivity contribution in [2.75, 3.05) is 0 Å². The molecule has 0 radical (unpaired) electrons. The van der Waals surface area contributed by atoms with E-state index in [0.29, 0.717) is 5.56 Å². The van der Waals surface area contributed by atoms with Gasteiger partial charge < -0.3 is 5.73 Å². The molecule has 1 atom stereocenters. The van der Waals surface area contributed by atoms with Gasteiger partial charge in [-0.05, 0) is 41.3 Å². The number of nitrogens with zero attached hydrogens (tertiary/aromatic N) is 1. The van der Waals surface area contributed by atoms with E-state index in [1.807, 2.05) is 42.5 Å². The van der Waals surface area contributed by atoms with E-state index in [1.54, 1.807) is 0 Å². The topological polar surface area (TPSA) is 49.8 Å².